The van der Waals surface area contributed by atoms with E-state index in [0.717, 1.165) is 11.3 Å². The standard InChI is InChI=1S/C17H20F2N4O/c1-11-7-12(2)21-15(14(11)8-20)23-9-13(10-23)16(24)22-5-3-17(18,19)4-6-22/h7,13H,3-6,9-10H2,1-2H3. The zero-order chi connectivity index (χ0) is 17.5. The van der Waals surface area contributed by atoms with Gasteiger partial charge in [0, 0.05) is 44.7 Å². The van der Waals surface area contributed by atoms with Crippen LogP contribution < -0.4 is 4.90 Å². The van der Waals surface area contributed by atoms with E-state index in [1.165, 1.54) is 0 Å². The molecule has 0 saturated carbocycles. The number of nitriles is 1. The highest BCUT2D eigenvalue weighted by Crippen LogP contribution is 2.32. The van der Waals surface area contributed by atoms with E-state index in [0.29, 0.717) is 24.5 Å². The van der Waals surface area contributed by atoms with E-state index in [-0.39, 0.29) is 37.8 Å². The Bertz CT molecular complexity index is 697. The van der Waals surface area contributed by atoms with Crippen LogP contribution in [-0.4, -0.2) is 47.9 Å². The second-order valence-electron chi connectivity index (χ2n) is 6.67. The van der Waals surface area contributed by atoms with Crippen molar-refractivity contribution in [3.63, 3.8) is 0 Å². The number of likely N-dealkylation sites (tertiary alicyclic amines) is 1. The molecule has 128 valence electrons. The third-order valence-corrected chi connectivity index (χ3v) is 4.77. The maximum absolute atomic E-state index is 13.2. The Morgan fingerprint density at radius 1 is 1.33 bits per heavy atom. The van der Waals surface area contributed by atoms with Crippen LogP contribution in [0.15, 0.2) is 6.07 Å². The van der Waals surface area contributed by atoms with E-state index in [1.807, 2.05) is 24.8 Å². The lowest BCUT2D eigenvalue weighted by Crippen LogP contribution is -2.56. The van der Waals surface area contributed by atoms with Gasteiger partial charge in [-0.1, -0.05) is 0 Å². The molecule has 0 spiro atoms. The number of aromatic nitrogens is 1. The molecular weight excluding hydrogens is 314 g/mol. The highest BCUT2D eigenvalue weighted by atomic mass is 19.3. The number of carbonyl (C=O) groups is 1. The molecule has 0 unspecified atom stereocenters. The van der Waals surface area contributed by atoms with E-state index in [9.17, 15) is 18.8 Å². The molecule has 0 aliphatic carbocycles. The Morgan fingerprint density at radius 2 is 1.96 bits per heavy atom. The van der Waals surface area contributed by atoms with Crippen LogP contribution >= 0.6 is 0 Å². The van der Waals surface area contributed by atoms with Crippen molar-refractivity contribution in [2.24, 2.45) is 5.92 Å². The number of nitrogens with zero attached hydrogens (tertiary/aromatic N) is 4. The molecule has 2 aliphatic heterocycles. The maximum Gasteiger partial charge on any atom is 0.251 e. The van der Waals surface area contributed by atoms with Crippen LogP contribution in [0.25, 0.3) is 0 Å². The van der Waals surface area contributed by atoms with Crippen molar-refractivity contribution in [3.8, 4) is 6.07 Å². The van der Waals surface area contributed by atoms with Gasteiger partial charge in [0.2, 0.25) is 5.91 Å². The summed E-state index contributed by atoms with van der Waals surface area (Å²) in [5.74, 6) is -2.30. The second-order valence-corrected chi connectivity index (χ2v) is 6.67. The summed E-state index contributed by atoms with van der Waals surface area (Å²) in [6, 6.07) is 4.03. The van der Waals surface area contributed by atoms with E-state index in [4.69, 9.17) is 0 Å². The van der Waals surface area contributed by atoms with Gasteiger partial charge < -0.3 is 9.80 Å². The molecule has 0 bridgehead atoms. The minimum atomic E-state index is -2.65. The van der Waals surface area contributed by atoms with E-state index in [1.54, 1.807) is 4.90 Å². The minimum absolute atomic E-state index is 0.0652. The average molecular weight is 334 g/mol. The van der Waals surface area contributed by atoms with Crippen LogP contribution in [0.2, 0.25) is 0 Å². The van der Waals surface area contributed by atoms with E-state index >= 15 is 0 Å². The first-order valence-corrected chi connectivity index (χ1v) is 8.10. The maximum atomic E-state index is 13.2. The van der Waals surface area contributed by atoms with Crippen molar-refractivity contribution in [3.05, 3.63) is 22.9 Å². The summed E-state index contributed by atoms with van der Waals surface area (Å²) in [5, 5.41) is 9.32. The molecule has 5 nitrogen and oxygen atoms in total. The molecule has 3 heterocycles. The van der Waals surface area contributed by atoms with Gasteiger partial charge in [-0.15, -0.1) is 0 Å². The largest absolute Gasteiger partial charge is 0.354 e. The first-order valence-electron chi connectivity index (χ1n) is 8.10. The van der Waals surface area contributed by atoms with Crippen LogP contribution in [0.5, 0.6) is 0 Å². The number of anilines is 1. The monoisotopic (exact) mass is 334 g/mol. The predicted octanol–water partition coefficient (Wildman–Crippen LogP) is 2.26. The molecular formula is C17H20F2N4O. The number of rotatable bonds is 2. The SMILES string of the molecule is Cc1cc(C)c(C#N)c(N2CC(C(=O)N3CCC(F)(F)CC3)C2)n1. The van der Waals surface area contributed by atoms with Gasteiger partial charge in [-0.2, -0.15) is 5.26 Å². The highest BCUT2D eigenvalue weighted by molar-refractivity contribution is 5.82. The third-order valence-electron chi connectivity index (χ3n) is 4.77. The van der Waals surface area contributed by atoms with Crippen molar-refractivity contribution >= 4 is 11.7 Å². The van der Waals surface area contributed by atoms with Gasteiger partial charge >= 0.3 is 0 Å². The van der Waals surface area contributed by atoms with Gasteiger partial charge in [-0.25, -0.2) is 13.8 Å². The number of hydrogen-bond donors (Lipinski definition) is 0. The topological polar surface area (TPSA) is 60.2 Å². The summed E-state index contributed by atoms with van der Waals surface area (Å²) >= 11 is 0. The molecule has 1 aromatic heterocycles. The summed E-state index contributed by atoms with van der Waals surface area (Å²) in [6.07, 6.45) is -0.515. The first-order chi connectivity index (χ1) is 11.3. The second kappa shape index (κ2) is 6.00. The number of aryl methyl sites for hydroxylation is 2. The average Bonchev–Trinajstić information content (AvgIpc) is 2.45. The molecule has 2 fully saturated rings. The van der Waals surface area contributed by atoms with Gasteiger partial charge in [0.05, 0.1) is 11.5 Å². The number of pyridine rings is 1. The predicted molar refractivity (Wildman–Crippen MR) is 84.9 cm³/mol. The fourth-order valence-electron chi connectivity index (χ4n) is 3.30. The number of halogens is 2. The Hall–Kier alpha value is -2.23. The highest BCUT2D eigenvalue weighted by Gasteiger charge is 2.41. The quantitative estimate of drug-likeness (QED) is 0.832. The Labute approximate surface area is 139 Å². The molecule has 2 saturated heterocycles. The summed E-state index contributed by atoms with van der Waals surface area (Å²) in [7, 11) is 0. The van der Waals surface area contributed by atoms with Crippen LogP contribution in [0, 0.1) is 31.1 Å². The first kappa shape index (κ1) is 16.6. The van der Waals surface area contributed by atoms with Gasteiger partial charge in [-0.3, -0.25) is 4.79 Å². The minimum Gasteiger partial charge on any atom is -0.354 e. The third kappa shape index (κ3) is 3.05. The summed E-state index contributed by atoms with van der Waals surface area (Å²) in [5.41, 5.74) is 2.23. The van der Waals surface area contributed by atoms with Crippen LogP contribution in [0.1, 0.15) is 29.7 Å². The zero-order valence-electron chi connectivity index (χ0n) is 13.9. The lowest BCUT2D eigenvalue weighted by molar-refractivity contribution is -0.142. The Kier molecular flexibility index (Phi) is 4.16. The van der Waals surface area contributed by atoms with Crippen molar-refractivity contribution in [1.29, 1.82) is 5.26 Å². The van der Waals surface area contributed by atoms with Crippen LogP contribution in [0.4, 0.5) is 14.6 Å². The Morgan fingerprint density at radius 3 is 2.54 bits per heavy atom. The van der Waals surface area contributed by atoms with E-state index < -0.39 is 5.92 Å². The van der Waals surface area contributed by atoms with Gasteiger partial charge in [0.15, 0.2) is 0 Å². The number of carbonyl (C=O) groups excluding carboxylic acids is 1. The lowest BCUT2D eigenvalue weighted by Gasteiger charge is -2.43. The molecule has 0 aromatic carbocycles. The van der Waals surface area contributed by atoms with Crippen molar-refractivity contribution in [1.82, 2.24) is 9.88 Å². The molecule has 1 amide bonds. The molecule has 24 heavy (non-hydrogen) atoms. The summed E-state index contributed by atoms with van der Waals surface area (Å²) in [4.78, 5) is 20.3. The number of piperidine rings is 1. The van der Waals surface area contributed by atoms with Crippen molar-refractivity contribution in [2.75, 3.05) is 31.1 Å². The number of alkyl halides is 2. The normalized spacial score (nSPS) is 20.5. The smallest absolute Gasteiger partial charge is 0.251 e. The van der Waals surface area contributed by atoms with Gasteiger partial charge in [-0.05, 0) is 25.5 Å². The lowest BCUT2D eigenvalue weighted by atomic mass is 9.95. The van der Waals surface area contributed by atoms with Crippen molar-refractivity contribution in [2.45, 2.75) is 32.6 Å². The number of hydrogen-bond acceptors (Lipinski definition) is 4. The molecule has 0 atom stereocenters. The fraction of sp³-hybridized carbons (Fsp3) is 0.588. The number of amides is 1. The molecule has 0 radical (unpaired) electrons. The molecule has 7 heteroatoms. The van der Waals surface area contributed by atoms with Crippen molar-refractivity contribution < 1.29 is 13.6 Å². The molecule has 3 rings (SSSR count). The van der Waals surface area contributed by atoms with Gasteiger partial charge in [0.1, 0.15) is 11.9 Å². The summed E-state index contributed by atoms with van der Waals surface area (Å²) in [6.45, 7) is 4.94. The molecule has 1 aromatic rings. The Balaban J connectivity index is 1.64. The van der Waals surface area contributed by atoms with Crippen LogP contribution in [0.3, 0.4) is 0 Å². The van der Waals surface area contributed by atoms with Gasteiger partial charge in [0.25, 0.3) is 5.92 Å². The van der Waals surface area contributed by atoms with E-state index in [2.05, 4.69) is 11.1 Å². The zero-order valence-corrected chi connectivity index (χ0v) is 13.9. The molecule has 0 N–H and O–H groups in total. The fourth-order valence-corrected chi connectivity index (χ4v) is 3.30. The summed E-state index contributed by atoms with van der Waals surface area (Å²) < 4.78 is 26.4. The van der Waals surface area contributed by atoms with Crippen LogP contribution in [-0.2, 0) is 4.79 Å². The molecule has 2 aliphatic rings.